The fraction of sp³-hybridized carbons (Fsp3) is 0.375. The number of nitrogens with two attached hydrogens (primary N) is 1. The summed E-state index contributed by atoms with van der Waals surface area (Å²) in [6.45, 7) is 4.31. The maximum absolute atomic E-state index is 12.7. The molecule has 0 bridgehead atoms. The second-order valence-corrected chi connectivity index (χ2v) is 11.7. The number of nitrogen functional groups attached to an aromatic ring is 1. The summed E-state index contributed by atoms with van der Waals surface area (Å²) in [5, 5.41) is 5.83. The Bertz CT molecular complexity index is 1680. The highest BCUT2D eigenvalue weighted by atomic mass is 16.5. The number of benzene rings is 1. The van der Waals surface area contributed by atoms with Gasteiger partial charge in [0.1, 0.15) is 17.8 Å². The van der Waals surface area contributed by atoms with Crippen LogP contribution in [0.2, 0.25) is 0 Å². The minimum atomic E-state index is 0.0976. The SMILES string of the molecule is COC(=Nc1cc(C)ccn1)c1ccc(-c2nn(C3CC4CN(C(=O)C=CCN(C)C)CC4C3)c3ncnc(N)c23)cc1. The van der Waals surface area contributed by atoms with Crippen LogP contribution in [-0.4, -0.2) is 87.2 Å². The number of anilines is 1. The number of methoxy groups -OCH3 is 1. The summed E-state index contributed by atoms with van der Waals surface area (Å²) in [5.41, 5.74) is 10.7. The van der Waals surface area contributed by atoms with Crippen molar-refractivity contribution in [2.75, 3.05) is 46.6 Å². The fourth-order valence-electron chi connectivity index (χ4n) is 6.25. The first kappa shape index (κ1) is 28.5. The number of hydrogen-bond acceptors (Lipinski definition) is 9. The summed E-state index contributed by atoms with van der Waals surface area (Å²) >= 11 is 0. The monoisotopic (exact) mass is 579 g/mol. The number of carbonyl (C=O) groups excluding carboxylic acids is 1. The Morgan fingerprint density at radius 1 is 1.12 bits per heavy atom. The molecule has 0 spiro atoms. The quantitative estimate of drug-likeness (QED) is 0.198. The fourth-order valence-corrected chi connectivity index (χ4v) is 6.25. The molecule has 2 N–H and O–H groups in total. The van der Waals surface area contributed by atoms with Crippen molar-refractivity contribution in [1.29, 1.82) is 0 Å². The van der Waals surface area contributed by atoms with Crippen molar-refractivity contribution in [3.8, 4) is 11.3 Å². The number of carbonyl (C=O) groups is 1. The van der Waals surface area contributed by atoms with Gasteiger partial charge in [0.05, 0.1) is 18.5 Å². The lowest BCUT2D eigenvalue weighted by atomic mass is 10.0. The molecule has 11 heteroatoms. The molecule has 4 aromatic rings. The van der Waals surface area contributed by atoms with Crippen molar-refractivity contribution in [2.24, 2.45) is 16.8 Å². The summed E-state index contributed by atoms with van der Waals surface area (Å²) in [4.78, 5) is 34.6. The van der Waals surface area contributed by atoms with Gasteiger partial charge in [-0.2, -0.15) is 10.1 Å². The molecule has 1 aliphatic heterocycles. The second kappa shape index (κ2) is 11.9. The topological polar surface area (TPSA) is 128 Å². The summed E-state index contributed by atoms with van der Waals surface area (Å²) < 4.78 is 7.63. The van der Waals surface area contributed by atoms with Gasteiger partial charge >= 0.3 is 0 Å². The molecule has 11 nitrogen and oxygen atoms in total. The van der Waals surface area contributed by atoms with Gasteiger partial charge in [0.2, 0.25) is 11.8 Å². The van der Waals surface area contributed by atoms with Gasteiger partial charge in [-0.05, 0) is 75.5 Å². The van der Waals surface area contributed by atoms with Crippen molar-refractivity contribution in [3.05, 3.63) is 72.2 Å². The smallest absolute Gasteiger partial charge is 0.246 e. The van der Waals surface area contributed by atoms with Gasteiger partial charge in [-0.25, -0.2) is 19.6 Å². The third kappa shape index (κ3) is 5.85. The van der Waals surface area contributed by atoms with E-state index in [2.05, 4.69) is 19.9 Å². The van der Waals surface area contributed by atoms with Crippen LogP contribution in [0.15, 0.2) is 66.1 Å². The van der Waals surface area contributed by atoms with E-state index >= 15 is 0 Å². The number of likely N-dealkylation sites (N-methyl/N-ethyl adjacent to an activating group) is 1. The van der Waals surface area contributed by atoms with E-state index < -0.39 is 0 Å². The number of aliphatic imine (C=N–C) groups is 1. The van der Waals surface area contributed by atoms with Crippen LogP contribution >= 0.6 is 0 Å². The first-order chi connectivity index (χ1) is 20.8. The van der Waals surface area contributed by atoms with Crippen LogP contribution < -0.4 is 5.73 Å². The lowest BCUT2D eigenvalue weighted by Gasteiger charge is -2.18. The summed E-state index contributed by atoms with van der Waals surface area (Å²) in [5.74, 6) is 2.44. The first-order valence-electron chi connectivity index (χ1n) is 14.6. The number of aryl methyl sites for hydroxylation is 1. The lowest BCUT2D eigenvalue weighted by molar-refractivity contribution is -0.125. The van der Waals surface area contributed by atoms with E-state index in [0.29, 0.717) is 29.4 Å². The van der Waals surface area contributed by atoms with Crippen molar-refractivity contribution in [1.82, 2.24) is 34.5 Å². The van der Waals surface area contributed by atoms with Gasteiger partial charge in [-0.1, -0.05) is 18.2 Å². The molecule has 2 unspecified atom stereocenters. The molecule has 222 valence electrons. The van der Waals surface area contributed by atoms with E-state index in [4.69, 9.17) is 15.6 Å². The lowest BCUT2D eigenvalue weighted by Crippen LogP contribution is -2.28. The van der Waals surface area contributed by atoms with E-state index in [1.807, 2.05) is 78.0 Å². The molecule has 1 aliphatic carbocycles. The molecular weight excluding hydrogens is 542 g/mol. The highest BCUT2D eigenvalue weighted by molar-refractivity contribution is 6.00. The van der Waals surface area contributed by atoms with Crippen LogP contribution in [0.25, 0.3) is 22.3 Å². The zero-order chi connectivity index (χ0) is 30.1. The maximum Gasteiger partial charge on any atom is 0.246 e. The molecule has 1 amide bonds. The van der Waals surface area contributed by atoms with E-state index in [0.717, 1.165) is 65.9 Å². The van der Waals surface area contributed by atoms with Gasteiger partial charge < -0.3 is 20.3 Å². The number of hydrogen-bond donors (Lipinski definition) is 1. The standard InChI is InChI=1S/C32H37N9O2/c1-20-11-12-34-26(14-20)37-32(43-4)22-9-7-21(8-10-22)29-28-30(33)35-19-36-31(28)41(38-29)25-15-23-17-40(18-24(23)16-25)27(42)6-5-13-39(2)3/h5-12,14,19,23-25H,13,15-18H2,1-4H3,(H2,33,35,36). The Kier molecular flexibility index (Phi) is 7.90. The number of likely N-dealkylation sites (tertiary alicyclic amines) is 1. The van der Waals surface area contributed by atoms with Crippen molar-refractivity contribution in [2.45, 2.75) is 25.8 Å². The number of amides is 1. The first-order valence-corrected chi connectivity index (χ1v) is 14.6. The molecule has 4 heterocycles. The van der Waals surface area contributed by atoms with Crippen molar-refractivity contribution in [3.63, 3.8) is 0 Å². The van der Waals surface area contributed by atoms with Crippen molar-refractivity contribution < 1.29 is 9.53 Å². The molecule has 43 heavy (non-hydrogen) atoms. The van der Waals surface area contributed by atoms with Gasteiger partial charge in [0, 0.05) is 43.0 Å². The predicted molar refractivity (Wildman–Crippen MR) is 167 cm³/mol. The highest BCUT2D eigenvalue weighted by Gasteiger charge is 2.43. The summed E-state index contributed by atoms with van der Waals surface area (Å²) in [6, 6.07) is 11.9. The van der Waals surface area contributed by atoms with Crippen LogP contribution in [0.5, 0.6) is 0 Å². The van der Waals surface area contributed by atoms with E-state index in [1.165, 1.54) is 6.33 Å². The average Bonchev–Trinajstić information content (AvgIpc) is 3.68. The number of nitrogens with zero attached hydrogens (tertiary/aromatic N) is 8. The zero-order valence-electron chi connectivity index (χ0n) is 25.0. The van der Waals surface area contributed by atoms with Gasteiger partial charge in [-0.3, -0.25) is 4.79 Å². The molecular formula is C32H37N9O2. The van der Waals surface area contributed by atoms with Crippen LogP contribution in [0.3, 0.4) is 0 Å². The zero-order valence-corrected chi connectivity index (χ0v) is 25.0. The Morgan fingerprint density at radius 2 is 1.86 bits per heavy atom. The highest BCUT2D eigenvalue weighted by Crippen LogP contribution is 2.45. The number of fused-ring (bicyclic) bond motifs is 2. The van der Waals surface area contributed by atoms with E-state index in [-0.39, 0.29) is 11.9 Å². The van der Waals surface area contributed by atoms with Crippen LogP contribution in [0, 0.1) is 18.8 Å². The molecule has 1 saturated carbocycles. The number of pyridine rings is 1. The maximum atomic E-state index is 12.7. The average molecular weight is 580 g/mol. The molecule has 1 saturated heterocycles. The minimum absolute atomic E-state index is 0.0976. The second-order valence-electron chi connectivity index (χ2n) is 11.7. The molecule has 3 aromatic heterocycles. The Hall–Kier alpha value is -4.64. The third-order valence-electron chi connectivity index (χ3n) is 8.35. The Labute approximate surface area is 251 Å². The number of aromatic nitrogens is 5. The predicted octanol–water partition coefficient (Wildman–Crippen LogP) is 4.03. The molecule has 2 atom stereocenters. The Balaban J connectivity index is 1.23. The van der Waals surface area contributed by atoms with Crippen LogP contribution in [0.1, 0.15) is 30.0 Å². The number of rotatable bonds is 7. The van der Waals surface area contributed by atoms with Crippen molar-refractivity contribution >= 4 is 34.5 Å². The summed E-state index contributed by atoms with van der Waals surface area (Å²) in [6.07, 6.45) is 8.75. The van der Waals surface area contributed by atoms with E-state index in [9.17, 15) is 4.79 Å². The molecule has 1 aromatic carbocycles. The third-order valence-corrected chi connectivity index (χ3v) is 8.35. The molecule has 2 fully saturated rings. The normalized spacial score (nSPS) is 20.4. The summed E-state index contributed by atoms with van der Waals surface area (Å²) in [7, 11) is 5.58. The molecule has 2 aliphatic rings. The number of ether oxygens (including phenoxy) is 1. The largest absolute Gasteiger partial charge is 0.481 e. The van der Waals surface area contributed by atoms with Crippen LogP contribution in [-0.2, 0) is 9.53 Å². The van der Waals surface area contributed by atoms with Gasteiger partial charge in [0.25, 0.3) is 0 Å². The van der Waals surface area contributed by atoms with E-state index in [1.54, 1.807) is 19.4 Å². The van der Waals surface area contributed by atoms with Gasteiger partial charge in [-0.15, -0.1) is 0 Å². The van der Waals surface area contributed by atoms with Gasteiger partial charge in [0.15, 0.2) is 11.5 Å². The Morgan fingerprint density at radius 3 is 2.53 bits per heavy atom. The minimum Gasteiger partial charge on any atom is -0.481 e. The molecule has 0 radical (unpaired) electrons. The van der Waals surface area contributed by atoms with Crippen LogP contribution in [0.4, 0.5) is 11.6 Å². The molecule has 6 rings (SSSR count).